The average Bonchev–Trinajstić information content (AvgIpc) is 2.37. The highest BCUT2D eigenvalue weighted by Gasteiger charge is 2.22. The van der Waals surface area contributed by atoms with Crippen LogP contribution in [0.5, 0.6) is 0 Å². The number of carbonyl (C=O) groups excluding carboxylic acids is 1. The lowest BCUT2D eigenvalue weighted by atomic mass is 9.86. The van der Waals surface area contributed by atoms with Crippen molar-refractivity contribution in [3.05, 3.63) is 35.4 Å². The van der Waals surface area contributed by atoms with Gasteiger partial charge in [-0.2, -0.15) is 0 Å². The fraction of sp³-hybridized carbons (Fsp3) is 0.529. The average molecular weight is 291 g/mol. The van der Waals surface area contributed by atoms with Crippen LogP contribution in [0.15, 0.2) is 24.3 Å². The number of hydrogen-bond donors (Lipinski definition) is 2. The van der Waals surface area contributed by atoms with Crippen molar-refractivity contribution >= 4 is 11.9 Å². The number of carboxylic acids is 1. The van der Waals surface area contributed by atoms with Gasteiger partial charge in [0, 0.05) is 12.1 Å². The molecule has 21 heavy (non-hydrogen) atoms. The Bertz CT molecular complexity index is 498. The summed E-state index contributed by atoms with van der Waals surface area (Å²) in [6, 6.07) is 7.43. The Kier molecular flexibility index (Phi) is 5.53. The van der Waals surface area contributed by atoms with E-state index in [-0.39, 0.29) is 23.8 Å². The highest BCUT2D eigenvalue weighted by atomic mass is 16.4. The first-order valence-corrected chi connectivity index (χ1v) is 7.24. The third-order valence-electron chi connectivity index (χ3n) is 3.62. The number of amides is 1. The monoisotopic (exact) mass is 291 g/mol. The van der Waals surface area contributed by atoms with Crippen LogP contribution in [0.4, 0.5) is 0 Å². The fourth-order valence-corrected chi connectivity index (χ4v) is 2.03. The molecule has 0 spiro atoms. The molecule has 1 amide bonds. The summed E-state index contributed by atoms with van der Waals surface area (Å²) >= 11 is 0. The molecule has 116 valence electrons. The van der Waals surface area contributed by atoms with Crippen LogP contribution >= 0.6 is 0 Å². The molecule has 1 atom stereocenters. The maximum atomic E-state index is 12.1. The van der Waals surface area contributed by atoms with E-state index in [0.29, 0.717) is 5.56 Å². The van der Waals surface area contributed by atoms with Crippen LogP contribution in [0.1, 0.15) is 50.5 Å². The summed E-state index contributed by atoms with van der Waals surface area (Å²) in [6.45, 7) is 10.2. The third kappa shape index (κ3) is 4.88. The number of aliphatic carboxylic acids is 1. The molecule has 0 aliphatic heterocycles. The lowest BCUT2D eigenvalue weighted by molar-refractivity contribution is -0.142. The molecule has 0 saturated carbocycles. The number of carboxylic acid groups (broad SMARTS) is 1. The van der Waals surface area contributed by atoms with Gasteiger partial charge in [-0.1, -0.05) is 46.8 Å². The predicted molar refractivity (Wildman–Crippen MR) is 83.4 cm³/mol. The maximum absolute atomic E-state index is 12.1. The van der Waals surface area contributed by atoms with Crippen LogP contribution < -0.4 is 5.32 Å². The quantitative estimate of drug-likeness (QED) is 0.876. The summed E-state index contributed by atoms with van der Waals surface area (Å²) in [5, 5.41) is 11.8. The van der Waals surface area contributed by atoms with Crippen molar-refractivity contribution < 1.29 is 14.7 Å². The molecule has 0 fully saturated rings. The normalized spacial score (nSPS) is 13.0. The van der Waals surface area contributed by atoms with Crippen LogP contribution in [-0.4, -0.2) is 23.5 Å². The van der Waals surface area contributed by atoms with Crippen molar-refractivity contribution in [2.45, 2.75) is 40.0 Å². The molecule has 4 heteroatoms. The maximum Gasteiger partial charge on any atom is 0.308 e. The van der Waals surface area contributed by atoms with E-state index >= 15 is 0 Å². The molecule has 1 aromatic rings. The highest BCUT2D eigenvalue weighted by Crippen LogP contribution is 2.22. The van der Waals surface area contributed by atoms with Gasteiger partial charge < -0.3 is 10.4 Å². The zero-order valence-electron chi connectivity index (χ0n) is 13.4. The molecule has 0 bridgehead atoms. The van der Waals surface area contributed by atoms with Crippen LogP contribution in [-0.2, 0) is 10.2 Å². The first-order valence-electron chi connectivity index (χ1n) is 7.24. The van der Waals surface area contributed by atoms with Crippen LogP contribution in [0.2, 0.25) is 0 Å². The van der Waals surface area contributed by atoms with Crippen LogP contribution in [0, 0.1) is 11.8 Å². The highest BCUT2D eigenvalue weighted by molar-refractivity contribution is 5.94. The SMILES string of the molecule is CC(C)C(CNC(=O)c1ccc(C(C)(C)C)cc1)C(=O)O. The molecule has 0 saturated heterocycles. The van der Waals surface area contributed by atoms with E-state index in [1.807, 2.05) is 26.0 Å². The molecule has 4 nitrogen and oxygen atoms in total. The number of carbonyl (C=O) groups is 2. The smallest absolute Gasteiger partial charge is 0.308 e. The van der Waals surface area contributed by atoms with Crippen molar-refractivity contribution in [2.75, 3.05) is 6.54 Å². The summed E-state index contributed by atoms with van der Waals surface area (Å²) in [5.41, 5.74) is 1.75. The molecule has 1 unspecified atom stereocenters. The lowest BCUT2D eigenvalue weighted by Crippen LogP contribution is -2.35. The molecular formula is C17H25NO3. The Hall–Kier alpha value is -1.84. The summed E-state index contributed by atoms with van der Waals surface area (Å²) in [4.78, 5) is 23.1. The van der Waals surface area contributed by atoms with Gasteiger partial charge in [-0.15, -0.1) is 0 Å². The standard InChI is InChI=1S/C17H25NO3/c1-11(2)14(16(20)21)10-18-15(19)12-6-8-13(9-7-12)17(3,4)5/h6-9,11,14H,10H2,1-5H3,(H,18,19)(H,20,21). The number of nitrogens with one attached hydrogen (secondary N) is 1. The minimum Gasteiger partial charge on any atom is -0.481 e. The van der Waals surface area contributed by atoms with Gasteiger partial charge in [0.25, 0.3) is 5.91 Å². The summed E-state index contributed by atoms with van der Waals surface area (Å²) in [6.07, 6.45) is 0. The minimum atomic E-state index is -0.881. The molecule has 1 rings (SSSR count). The van der Waals surface area contributed by atoms with Crippen LogP contribution in [0.3, 0.4) is 0 Å². The molecule has 0 heterocycles. The molecule has 1 aromatic carbocycles. The van der Waals surface area contributed by atoms with Gasteiger partial charge in [-0.3, -0.25) is 9.59 Å². The second-order valence-electron chi connectivity index (χ2n) is 6.73. The Morgan fingerprint density at radius 3 is 2.05 bits per heavy atom. The van der Waals surface area contributed by atoms with E-state index in [2.05, 4.69) is 26.1 Å². The summed E-state index contributed by atoms with van der Waals surface area (Å²) < 4.78 is 0. The number of rotatable bonds is 5. The Morgan fingerprint density at radius 1 is 1.14 bits per heavy atom. The zero-order valence-corrected chi connectivity index (χ0v) is 13.4. The molecule has 0 aromatic heterocycles. The van der Waals surface area contributed by atoms with Gasteiger partial charge in [0.2, 0.25) is 0 Å². The molecule has 0 aliphatic rings. The van der Waals surface area contributed by atoms with E-state index in [1.54, 1.807) is 12.1 Å². The van der Waals surface area contributed by atoms with Crippen molar-refractivity contribution in [1.82, 2.24) is 5.32 Å². The molecule has 0 aliphatic carbocycles. The van der Waals surface area contributed by atoms with Crippen LogP contribution in [0.25, 0.3) is 0 Å². The Labute approximate surface area is 126 Å². The van der Waals surface area contributed by atoms with E-state index in [9.17, 15) is 9.59 Å². The predicted octanol–water partition coefficient (Wildman–Crippen LogP) is 3.07. The zero-order chi connectivity index (χ0) is 16.2. The third-order valence-corrected chi connectivity index (χ3v) is 3.62. The van der Waals surface area contributed by atoms with Gasteiger partial charge in [0.05, 0.1) is 5.92 Å². The molecule has 0 radical (unpaired) electrons. The van der Waals surface area contributed by atoms with Gasteiger partial charge in [-0.25, -0.2) is 0 Å². The second kappa shape index (κ2) is 6.74. The lowest BCUT2D eigenvalue weighted by Gasteiger charge is -2.19. The van der Waals surface area contributed by atoms with Crippen molar-refractivity contribution in [3.63, 3.8) is 0 Å². The van der Waals surface area contributed by atoms with Gasteiger partial charge >= 0.3 is 5.97 Å². The Balaban J connectivity index is 2.70. The summed E-state index contributed by atoms with van der Waals surface area (Å²) in [7, 11) is 0. The minimum absolute atomic E-state index is 0.0222. The largest absolute Gasteiger partial charge is 0.481 e. The van der Waals surface area contributed by atoms with E-state index < -0.39 is 11.9 Å². The number of hydrogen-bond acceptors (Lipinski definition) is 2. The Morgan fingerprint density at radius 2 is 1.67 bits per heavy atom. The van der Waals surface area contributed by atoms with Gasteiger partial charge in [0.15, 0.2) is 0 Å². The second-order valence-corrected chi connectivity index (χ2v) is 6.73. The van der Waals surface area contributed by atoms with Gasteiger partial charge in [-0.05, 0) is 29.0 Å². The van der Waals surface area contributed by atoms with Crippen molar-refractivity contribution in [2.24, 2.45) is 11.8 Å². The van der Waals surface area contributed by atoms with Crippen molar-refractivity contribution in [1.29, 1.82) is 0 Å². The fourth-order valence-electron chi connectivity index (χ4n) is 2.03. The van der Waals surface area contributed by atoms with Crippen molar-refractivity contribution in [3.8, 4) is 0 Å². The molecular weight excluding hydrogens is 266 g/mol. The number of benzene rings is 1. The van der Waals surface area contributed by atoms with E-state index in [0.717, 1.165) is 5.56 Å². The summed E-state index contributed by atoms with van der Waals surface area (Å²) in [5.74, 6) is -1.70. The first-order chi connectivity index (χ1) is 9.62. The molecule has 2 N–H and O–H groups in total. The van der Waals surface area contributed by atoms with E-state index in [4.69, 9.17) is 5.11 Å². The topological polar surface area (TPSA) is 66.4 Å². The van der Waals surface area contributed by atoms with E-state index in [1.165, 1.54) is 0 Å². The van der Waals surface area contributed by atoms with Gasteiger partial charge in [0.1, 0.15) is 0 Å². The first kappa shape index (κ1) is 17.2.